The molecule has 4 heteroatoms. The van der Waals surface area contributed by atoms with Crippen molar-refractivity contribution in [3.63, 3.8) is 0 Å². The van der Waals surface area contributed by atoms with E-state index in [1.54, 1.807) is 0 Å². The second-order valence-corrected chi connectivity index (χ2v) is 5.46. The smallest absolute Gasteiger partial charge is 0.225 e. The first-order chi connectivity index (χ1) is 8.81. The van der Waals surface area contributed by atoms with E-state index in [1.807, 2.05) is 0 Å². The second-order valence-electron chi connectivity index (χ2n) is 5.46. The monoisotopic (exact) mass is 254 g/mol. The highest BCUT2D eigenvalue weighted by Crippen LogP contribution is 2.20. The lowest BCUT2D eigenvalue weighted by Gasteiger charge is -2.36. The molecular weight excluding hydrogens is 228 g/mol. The van der Waals surface area contributed by atoms with E-state index in [2.05, 4.69) is 17.1 Å². The summed E-state index contributed by atoms with van der Waals surface area (Å²) < 4.78 is 5.33. The topological polar surface area (TPSA) is 41.6 Å². The van der Waals surface area contributed by atoms with Gasteiger partial charge in [-0.15, -0.1) is 0 Å². The van der Waals surface area contributed by atoms with Gasteiger partial charge >= 0.3 is 0 Å². The molecule has 1 amide bonds. The first kappa shape index (κ1) is 13.8. The number of hydrogen-bond donors (Lipinski definition) is 1. The Kier molecular flexibility index (Phi) is 5.45. The Balaban J connectivity index is 1.81. The van der Waals surface area contributed by atoms with E-state index in [9.17, 15) is 4.79 Å². The van der Waals surface area contributed by atoms with Gasteiger partial charge < -0.3 is 15.0 Å². The van der Waals surface area contributed by atoms with E-state index >= 15 is 0 Å². The molecule has 1 atom stereocenters. The van der Waals surface area contributed by atoms with Gasteiger partial charge in [0.2, 0.25) is 5.91 Å². The van der Waals surface area contributed by atoms with E-state index in [1.165, 1.54) is 6.42 Å². The number of likely N-dealkylation sites (tertiary alicyclic amines) is 1. The standard InChI is InChI=1S/C14H26N2O2/c1-2-7-15-13-4-3-8-16(11-13)14(17)12-5-9-18-10-6-12/h12-13,15H,2-11H2,1H3. The summed E-state index contributed by atoms with van der Waals surface area (Å²) >= 11 is 0. The van der Waals surface area contributed by atoms with Crippen LogP contribution in [0.3, 0.4) is 0 Å². The van der Waals surface area contributed by atoms with Crippen LogP contribution in [0.1, 0.15) is 39.0 Å². The summed E-state index contributed by atoms with van der Waals surface area (Å²) in [5.74, 6) is 0.574. The molecule has 0 saturated carbocycles. The Morgan fingerprint density at radius 1 is 1.33 bits per heavy atom. The van der Waals surface area contributed by atoms with Crippen LogP contribution in [0.15, 0.2) is 0 Å². The zero-order valence-corrected chi connectivity index (χ0v) is 11.5. The molecule has 0 radical (unpaired) electrons. The molecule has 0 aliphatic carbocycles. The van der Waals surface area contributed by atoms with E-state index in [0.29, 0.717) is 11.9 Å². The van der Waals surface area contributed by atoms with Crippen molar-refractivity contribution in [3.8, 4) is 0 Å². The van der Waals surface area contributed by atoms with Crippen molar-refractivity contribution >= 4 is 5.91 Å². The van der Waals surface area contributed by atoms with Gasteiger partial charge in [-0.1, -0.05) is 6.92 Å². The second kappa shape index (κ2) is 7.10. The quantitative estimate of drug-likeness (QED) is 0.824. The highest BCUT2D eigenvalue weighted by molar-refractivity contribution is 5.79. The van der Waals surface area contributed by atoms with E-state index < -0.39 is 0 Å². The molecule has 2 fully saturated rings. The van der Waals surface area contributed by atoms with E-state index in [4.69, 9.17) is 4.74 Å². The number of nitrogens with one attached hydrogen (secondary N) is 1. The lowest BCUT2D eigenvalue weighted by atomic mass is 9.96. The third-order valence-corrected chi connectivity index (χ3v) is 3.99. The van der Waals surface area contributed by atoms with Gasteiger partial charge in [0.25, 0.3) is 0 Å². The fourth-order valence-electron chi connectivity index (χ4n) is 2.90. The predicted molar refractivity (Wildman–Crippen MR) is 71.4 cm³/mol. The van der Waals surface area contributed by atoms with Crippen LogP contribution in [0.4, 0.5) is 0 Å². The minimum absolute atomic E-state index is 0.212. The third kappa shape index (κ3) is 3.69. The minimum Gasteiger partial charge on any atom is -0.381 e. The van der Waals surface area contributed by atoms with Gasteiger partial charge in [0.15, 0.2) is 0 Å². The molecule has 1 unspecified atom stereocenters. The first-order valence-electron chi connectivity index (χ1n) is 7.41. The summed E-state index contributed by atoms with van der Waals surface area (Å²) in [7, 11) is 0. The van der Waals surface area contributed by atoms with E-state index in [0.717, 1.165) is 58.5 Å². The molecular formula is C14H26N2O2. The number of carbonyl (C=O) groups excluding carboxylic acids is 1. The molecule has 2 saturated heterocycles. The summed E-state index contributed by atoms with van der Waals surface area (Å²) in [5.41, 5.74) is 0. The maximum atomic E-state index is 12.4. The number of hydrogen-bond acceptors (Lipinski definition) is 3. The Hall–Kier alpha value is -0.610. The predicted octanol–water partition coefficient (Wildman–Crippen LogP) is 1.40. The Morgan fingerprint density at radius 2 is 2.11 bits per heavy atom. The van der Waals surface area contributed by atoms with Crippen LogP contribution in [-0.4, -0.2) is 49.7 Å². The van der Waals surface area contributed by atoms with Crippen molar-refractivity contribution in [2.24, 2.45) is 5.92 Å². The highest BCUT2D eigenvalue weighted by atomic mass is 16.5. The lowest BCUT2D eigenvalue weighted by molar-refractivity contribution is -0.139. The molecule has 1 N–H and O–H groups in total. The number of piperidine rings is 1. The Bertz CT molecular complexity index is 265. The number of ether oxygens (including phenoxy) is 1. The summed E-state index contributed by atoms with van der Waals surface area (Å²) in [5, 5.41) is 3.54. The first-order valence-corrected chi connectivity index (χ1v) is 7.41. The summed E-state index contributed by atoms with van der Waals surface area (Å²) in [4.78, 5) is 14.5. The van der Waals surface area contributed by atoms with Crippen molar-refractivity contribution in [2.45, 2.75) is 45.1 Å². The number of carbonyl (C=O) groups is 1. The van der Waals surface area contributed by atoms with Crippen molar-refractivity contribution in [3.05, 3.63) is 0 Å². The molecule has 2 heterocycles. The maximum Gasteiger partial charge on any atom is 0.225 e. The molecule has 104 valence electrons. The third-order valence-electron chi connectivity index (χ3n) is 3.99. The van der Waals surface area contributed by atoms with Gasteiger partial charge in [0.1, 0.15) is 0 Å². The van der Waals surface area contributed by atoms with Crippen LogP contribution >= 0.6 is 0 Å². The molecule has 0 spiro atoms. The van der Waals surface area contributed by atoms with Crippen LogP contribution < -0.4 is 5.32 Å². The van der Waals surface area contributed by atoms with Crippen molar-refractivity contribution in [2.75, 3.05) is 32.8 Å². The van der Waals surface area contributed by atoms with Gasteiger partial charge in [0, 0.05) is 38.3 Å². The van der Waals surface area contributed by atoms with Crippen LogP contribution in [0.25, 0.3) is 0 Å². The molecule has 18 heavy (non-hydrogen) atoms. The highest BCUT2D eigenvalue weighted by Gasteiger charge is 2.29. The summed E-state index contributed by atoms with van der Waals surface area (Å²) in [6.07, 6.45) is 5.31. The van der Waals surface area contributed by atoms with Crippen molar-refractivity contribution in [1.82, 2.24) is 10.2 Å². The van der Waals surface area contributed by atoms with Gasteiger partial charge in [-0.05, 0) is 38.6 Å². The summed E-state index contributed by atoms with van der Waals surface area (Å²) in [6, 6.07) is 0.502. The van der Waals surface area contributed by atoms with Gasteiger partial charge in [0.05, 0.1) is 0 Å². The molecule has 0 aromatic rings. The number of rotatable bonds is 4. The average molecular weight is 254 g/mol. The molecule has 0 aromatic carbocycles. The number of amides is 1. The molecule has 2 aliphatic heterocycles. The van der Waals surface area contributed by atoms with Crippen LogP contribution in [-0.2, 0) is 9.53 Å². The normalized spacial score (nSPS) is 26.3. The zero-order valence-electron chi connectivity index (χ0n) is 11.5. The van der Waals surface area contributed by atoms with Crippen molar-refractivity contribution < 1.29 is 9.53 Å². The molecule has 4 nitrogen and oxygen atoms in total. The SMILES string of the molecule is CCCNC1CCCN(C(=O)C2CCOCC2)C1. The zero-order chi connectivity index (χ0) is 12.8. The van der Waals surface area contributed by atoms with Gasteiger partial charge in [-0.25, -0.2) is 0 Å². The molecule has 2 rings (SSSR count). The van der Waals surface area contributed by atoms with Crippen LogP contribution in [0.2, 0.25) is 0 Å². The van der Waals surface area contributed by atoms with Crippen molar-refractivity contribution in [1.29, 1.82) is 0 Å². The van der Waals surface area contributed by atoms with Crippen LogP contribution in [0.5, 0.6) is 0 Å². The fourth-order valence-corrected chi connectivity index (χ4v) is 2.90. The average Bonchev–Trinajstić information content (AvgIpc) is 2.45. The van der Waals surface area contributed by atoms with E-state index in [-0.39, 0.29) is 5.92 Å². The molecule has 0 aromatic heterocycles. The summed E-state index contributed by atoms with van der Waals surface area (Å²) in [6.45, 7) is 6.59. The Morgan fingerprint density at radius 3 is 2.83 bits per heavy atom. The van der Waals surface area contributed by atoms with Gasteiger partial charge in [-0.3, -0.25) is 4.79 Å². The Labute approximate surface area is 110 Å². The van der Waals surface area contributed by atoms with Gasteiger partial charge in [-0.2, -0.15) is 0 Å². The minimum atomic E-state index is 0.212. The fraction of sp³-hybridized carbons (Fsp3) is 0.929. The largest absolute Gasteiger partial charge is 0.381 e. The molecule has 0 bridgehead atoms. The van der Waals surface area contributed by atoms with Crippen LogP contribution in [0, 0.1) is 5.92 Å². The maximum absolute atomic E-state index is 12.4. The lowest BCUT2D eigenvalue weighted by Crippen LogP contribution is -2.50. The number of nitrogens with zero attached hydrogens (tertiary/aromatic N) is 1. The molecule has 2 aliphatic rings.